The van der Waals surface area contributed by atoms with Gasteiger partial charge in [0.05, 0.1) is 34.2 Å². The van der Waals surface area contributed by atoms with Gasteiger partial charge in [0.2, 0.25) is 11.7 Å². The smallest absolute Gasteiger partial charge is 0.416 e. The van der Waals surface area contributed by atoms with E-state index in [4.69, 9.17) is 26.4 Å². The number of rotatable bonds is 5. The fraction of sp³-hybridized carbons (Fsp3) is 0.486. The van der Waals surface area contributed by atoms with Crippen molar-refractivity contribution >= 4 is 40.5 Å². The standard InChI is InChI=1S/C37H34ClF3N8O5/c1-17-30(51)28(43-16-42-17)33(53)47-10-9-36(21-3-5-25(21)47)22-13-20(22)29-27(36)32(52)49-34(45-31(46-49)18-6-11-54-35(14-18)7-8-35)48(29)15-26(50)44-24-4-2-19(12-23(24)38)37(39,40)41/h2,4,12,14,16,20-22,25,51H,3,5-11,13,15H2,1H3,(H,44,50)/t20-,21+,22+,25-,36-/m0/s1. The molecule has 5 atom stereocenters. The molecular weight excluding hydrogens is 729 g/mol. The lowest BCUT2D eigenvalue weighted by Crippen LogP contribution is -2.64. The number of likely N-dealkylation sites (tertiary alicyclic amines) is 1. The summed E-state index contributed by atoms with van der Waals surface area (Å²) in [5, 5.41) is 17.8. The van der Waals surface area contributed by atoms with Crippen molar-refractivity contribution in [3.05, 3.63) is 80.0 Å². The van der Waals surface area contributed by atoms with Crippen LogP contribution in [-0.2, 0) is 27.7 Å². The molecule has 13 nitrogen and oxygen atoms in total. The predicted molar refractivity (Wildman–Crippen MR) is 186 cm³/mol. The molecule has 1 saturated heterocycles. The van der Waals surface area contributed by atoms with Crippen LogP contribution < -0.4 is 10.9 Å². The Labute approximate surface area is 310 Å². The topological polar surface area (TPSA) is 157 Å². The van der Waals surface area contributed by atoms with Crippen LogP contribution in [0.15, 0.2) is 35.4 Å². The van der Waals surface area contributed by atoms with E-state index in [9.17, 15) is 32.7 Å². The van der Waals surface area contributed by atoms with E-state index in [-0.39, 0.29) is 75.3 Å². The van der Waals surface area contributed by atoms with Gasteiger partial charge in [0.1, 0.15) is 12.9 Å². The van der Waals surface area contributed by atoms with E-state index in [1.807, 2.05) is 6.08 Å². The highest BCUT2D eigenvalue weighted by Crippen LogP contribution is 2.72. The van der Waals surface area contributed by atoms with Gasteiger partial charge in [-0.2, -0.15) is 22.7 Å². The number of hydrogen-bond donors (Lipinski definition) is 2. The first-order valence-electron chi connectivity index (χ1n) is 18.2. The van der Waals surface area contributed by atoms with Crippen molar-refractivity contribution in [2.75, 3.05) is 18.5 Å². The number of alkyl halides is 3. The summed E-state index contributed by atoms with van der Waals surface area (Å²) in [4.78, 5) is 57.2. The zero-order chi connectivity index (χ0) is 37.5. The number of piperidine rings is 1. The molecule has 3 saturated carbocycles. The summed E-state index contributed by atoms with van der Waals surface area (Å²) in [6.07, 6.45) is 3.85. The molecule has 5 heterocycles. The van der Waals surface area contributed by atoms with Crippen LogP contribution in [0, 0.1) is 18.8 Å². The molecule has 0 unspecified atom stereocenters. The highest BCUT2D eigenvalue weighted by atomic mass is 35.5. The second-order valence-corrected chi connectivity index (χ2v) is 15.9. The molecule has 0 radical (unpaired) electrons. The first-order chi connectivity index (χ1) is 25.8. The Hall–Kier alpha value is -4.83. The number of nitrogens with zero attached hydrogens (tertiary/aromatic N) is 7. The number of aromatic nitrogens is 6. The molecule has 4 fully saturated rings. The summed E-state index contributed by atoms with van der Waals surface area (Å²) in [6.45, 7) is 2.15. The number of aryl methyl sites for hydroxylation is 1. The van der Waals surface area contributed by atoms with Gasteiger partial charge in [-0.1, -0.05) is 11.6 Å². The van der Waals surface area contributed by atoms with Crippen molar-refractivity contribution < 1.29 is 32.6 Å². The minimum atomic E-state index is -4.60. The first kappa shape index (κ1) is 33.7. The lowest BCUT2D eigenvalue weighted by molar-refractivity contribution is -0.137. The van der Waals surface area contributed by atoms with Crippen molar-refractivity contribution in [1.82, 2.24) is 34.0 Å². The summed E-state index contributed by atoms with van der Waals surface area (Å²) in [5.74, 6) is -0.570. The van der Waals surface area contributed by atoms with Crippen molar-refractivity contribution in [3.63, 3.8) is 0 Å². The third-order valence-electron chi connectivity index (χ3n) is 12.7. The van der Waals surface area contributed by atoms with Crippen LogP contribution in [0.4, 0.5) is 18.9 Å². The van der Waals surface area contributed by atoms with Crippen molar-refractivity contribution in [2.24, 2.45) is 11.8 Å². The Bertz CT molecular complexity index is 2420. The van der Waals surface area contributed by atoms with Gasteiger partial charge >= 0.3 is 6.18 Å². The summed E-state index contributed by atoms with van der Waals surface area (Å²) >= 11 is 6.21. The monoisotopic (exact) mass is 762 g/mol. The molecule has 4 aliphatic carbocycles. The average molecular weight is 763 g/mol. The van der Waals surface area contributed by atoms with Crippen LogP contribution >= 0.6 is 11.6 Å². The highest BCUT2D eigenvalue weighted by Gasteiger charge is 2.70. The van der Waals surface area contributed by atoms with E-state index >= 15 is 0 Å². The van der Waals surface area contributed by atoms with E-state index < -0.39 is 23.1 Å². The molecule has 10 rings (SSSR count). The Balaban J connectivity index is 1.06. The van der Waals surface area contributed by atoms with E-state index in [1.165, 1.54) is 10.8 Å². The average Bonchev–Trinajstić information content (AvgIpc) is 4.00. The van der Waals surface area contributed by atoms with E-state index in [2.05, 4.69) is 15.3 Å². The number of halogens is 4. The number of fused-ring (bicyclic) bond motifs is 8. The Morgan fingerprint density at radius 3 is 2.69 bits per heavy atom. The number of amides is 2. The number of ether oxygens (including phenoxy) is 1. The van der Waals surface area contributed by atoms with Crippen LogP contribution in [0.25, 0.3) is 11.4 Å². The second kappa shape index (κ2) is 11.4. The number of anilines is 1. The fourth-order valence-corrected chi connectivity index (χ4v) is 10.1. The summed E-state index contributed by atoms with van der Waals surface area (Å²) in [7, 11) is 0. The minimum Gasteiger partial charge on any atom is -0.504 e. The largest absolute Gasteiger partial charge is 0.504 e. The number of nitrogens with one attached hydrogen (secondary N) is 1. The van der Waals surface area contributed by atoms with Gasteiger partial charge < -0.3 is 24.6 Å². The van der Waals surface area contributed by atoms with Crippen LogP contribution in [-0.4, -0.2) is 75.7 Å². The molecule has 54 heavy (non-hydrogen) atoms. The molecule has 1 aromatic carbocycles. The zero-order valence-corrected chi connectivity index (χ0v) is 29.7. The molecule has 2 aliphatic heterocycles. The SMILES string of the molecule is Cc1ncnc(C(=O)N2CC[C@]3(c4c(n(CC(=O)Nc5ccc(C(F)(F)F)cc5Cl)c5nc(C6=CC7(CC7)OCC6)nn5c4=O)[C@H]4C[C@H]43)[C@@H]3CC[C@@H]32)c1O. The molecule has 6 aliphatic rings. The van der Waals surface area contributed by atoms with Gasteiger partial charge in [0.25, 0.3) is 11.5 Å². The van der Waals surface area contributed by atoms with Crippen molar-refractivity contribution in [1.29, 1.82) is 0 Å². The van der Waals surface area contributed by atoms with Crippen LogP contribution in [0.3, 0.4) is 0 Å². The molecule has 280 valence electrons. The number of hydrogen-bond acceptors (Lipinski definition) is 9. The molecule has 2 amide bonds. The maximum Gasteiger partial charge on any atom is 0.416 e. The number of carbonyl (C=O) groups is 2. The van der Waals surface area contributed by atoms with Gasteiger partial charge in [-0.25, -0.2) is 9.97 Å². The van der Waals surface area contributed by atoms with E-state index in [1.54, 1.807) is 16.4 Å². The van der Waals surface area contributed by atoms with Crippen LogP contribution in [0.1, 0.15) is 89.7 Å². The lowest BCUT2D eigenvalue weighted by atomic mass is 9.54. The summed E-state index contributed by atoms with van der Waals surface area (Å²) in [6, 6.07) is 2.56. The fourth-order valence-electron chi connectivity index (χ4n) is 9.85. The van der Waals surface area contributed by atoms with Gasteiger partial charge in [0, 0.05) is 35.2 Å². The number of benzene rings is 1. The Morgan fingerprint density at radius 1 is 1.15 bits per heavy atom. The van der Waals surface area contributed by atoms with Crippen molar-refractivity contribution in [3.8, 4) is 5.75 Å². The van der Waals surface area contributed by atoms with Crippen LogP contribution in [0.5, 0.6) is 5.75 Å². The normalized spacial score (nSPS) is 27.3. The maximum absolute atomic E-state index is 14.8. The lowest BCUT2D eigenvalue weighted by Gasteiger charge is -2.58. The van der Waals surface area contributed by atoms with Crippen LogP contribution in [0.2, 0.25) is 5.02 Å². The third kappa shape index (κ3) is 4.84. The second-order valence-electron chi connectivity index (χ2n) is 15.5. The minimum absolute atomic E-state index is 0.0210. The zero-order valence-electron chi connectivity index (χ0n) is 29.0. The predicted octanol–water partition coefficient (Wildman–Crippen LogP) is 5.02. The highest BCUT2D eigenvalue weighted by molar-refractivity contribution is 6.33. The summed E-state index contributed by atoms with van der Waals surface area (Å²) < 4.78 is 49.0. The van der Waals surface area contributed by atoms with Gasteiger partial charge in [-0.3, -0.25) is 14.4 Å². The first-order valence-corrected chi connectivity index (χ1v) is 18.6. The number of aromatic hydroxyl groups is 1. The van der Waals surface area contributed by atoms with Gasteiger partial charge in [-0.05, 0) is 93.6 Å². The van der Waals surface area contributed by atoms with E-state index in [0.29, 0.717) is 43.1 Å². The quantitative estimate of drug-likeness (QED) is 0.285. The molecule has 3 aromatic heterocycles. The Kier molecular flexibility index (Phi) is 7.09. The molecule has 2 N–H and O–H groups in total. The summed E-state index contributed by atoms with van der Waals surface area (Å²) in [5.41, 5.74) is 0.318. The maximum atomic E-state index is 14.8. The third-order valence-corrected chi connectivity index (χ3v) is 13.0. The molecule has 0 bridgehead atoms. The Morgan fingerprint density at radius 2 is 1.96 bits per heavy atom. The molecular formula is C37H34ClF3N8O5. The molecule has 17 heteroatoms. The molecule has 2 spiro atoms. The van der Waals surface area contributed by atoms with Gasteiger partial charge in [0.15, 0.2) is 17.3 Å². The van der Waals surface area contributed by atoms with E-state index in [0.717, 1.165) is 61.6 Å². The van der Waals surface area contributed by atoms with Crippen molar-refractivity contribution in [2.45, 2.75) is 87.6 Å². The molecule has 4 aromatic rings. The number of carbonyl (C=O) groups excluding carboxylic acids is 2. The van der Waals surface area contributed by atoms with Gasteiger partial charge in [-0.15, -0.1) is 5.10 Å².